The summed E-state index contributed by atoms with van der Waals surface area (Å²) in [4.78, 5) is 12.1. The van der Waals surface area contributed by atoms with E-state index in [4.69, 9.17) is 5.14 Å². The summed E-state index contributed by atoms with van der Waals surface area (Å²) in [6.07, 6.45) is 0.911. The zero-order valence-corrected chi connectivity index (χ0v) is 12.1. The molecule has 110 valence electrons. The maximum atomic E-state index is 11.7. The lowest BCUT2D eigenvalue weighted by atomic mass is 10.1. The van der Waals surface area contributed by atoms with Crippen molar-refractivity contribution < 1.29 is 13.3 Å². The van der Waals surface area contributed by atoms with Gasteiger partial charge in [-0.25, -0.2) is 13.6 Å². The number of sulfonamides is 1. The predicted molar refractivity (Wildman–Crippen MR) is 75.1 cm³/mol. The number of hydrogen-bond acceptors (Lipinski definition) is 5. The third-order valence-corrected chi connectivity index (χ3v) is 4.87. The largest absolute Gasteiger partial charge is 0.367 e. The Hall–Kier alpha value is -1.67. The van der Waals surface area contributed by atoms with E-state index in [0.29, 0.717) is 18.2 Å². The quantitative estimate of drug-likeness (QED) is 0.672. The highest BCUT2D eigenvalue weighted by molar-refractivity contribution is 7.89. The lowest BCUT2D eigenvalue weighted by Crippen LogP contribution is -2.31. The maximum Gasteiger partial charge on any atom is 0.271 e. The molecule has 0 aliphatic carbocycles. The highest BCUT2D eigenvalue weighted by Gasteiger charge is 2.31. The zero-order chi connectivity index (χ0) is 15.1. The molecule has 2 N–H and O–H groups in total. The Labute approximate surface area is 117 Å². The fraction of sp³-hybridized carbons (Fsp3) is 0.500. The van der Waals surface area contributed by atoms with Crippen LogP contribution >= 0.6 is 0 Å². The third kappa shape index (κ3) is 2.61. The maximum absolute atomic E-state index is 11.7. The van der Waals surface area contributed by atoms with Gasteiger partial charge in [-0.1, -0.05) is 6.92 Å². The summed E-state index contributed by atoms with van der Waals surface area (Å²) in [7, 11) is -3.92. The number of nitrogens with two attached hydrogens (primary N) is 1. The summed E-state index contributed by atoms with van der Waals surface area (Å²) >= 11 is 0. The number of non-ortho nitro benzene ring substituents is 1. The molecule has 0 saturated carbocycles. The van der Waals surface area contributed by atoms with Crippen LogP contribution in [0.15, 0.2) is 23.1 Å². The van der Waals surface area contributed by atoms with Gasteiger partial charge < -0.3 is 4.90 Å². The zero-order valence-electron chi connectivity index (χ0n) is 11.3. The molecule has 1 fully saturated rings. The Morgan fingerprint density at radius 1 is 1.40 bits per heavy atom. The first-order chi connectivity index (χ1) is 9.21. The van der Waals surface area contributed by atoms with Crippen molar-refractivity contribution in [1.82, 2.24) is 0 Å². The molecule has 1 aliphatic heterocycles. The lowest BCUT2D eigenvalue weighted by molar-refractivity contribution is -0.384. The summed E-state index contributed by atoms with van der Waals surface area (Å²) in [6, 6.07) is 3.76. The minimum absolute atomic E-state index is 0.0657. The molecule has 1 heterocycles. The van der Waals surface area contributed by atoms with E-state index in [1.165, 1.54) is 12.1 Å². The van der Waals surface area contributed by atoms with Crippen LogP contribution in [0.5, 0.6) is 0 Å². The SMILES string of the molecule is C[C@H]1CCN(c2cc([N+](=O)[O-])ccc2S(N)(=O)=O)[C@H]1C. The Kier molecular flexibility index (Phi) is 3.70. The van der Waals surface area contributed by atoms with Crippen LogP contribution in [-0.4, -0.2) is 25.9 Å². The van der Waals surface area contributed by atoms with Gasteiger partial charge in [0.25, 0.3) is 5.69 Å². The van der Waals surface area contributed by atoms with E-state index in [1.807, 2.05) is 11.8 Å². The number of nitrogens with zero attached hydrogens (tertiary/aromatic N) is 2. The molecule has 0 aromatic heterocycles. The second-order valence-corrected chi connectivity index (χ2v) is 6.68. The van der Waals surface area contributed by atoms with Crippen molar-refractivity contribution in [2.24, 2.45) is 11.1 Å². The Balaban J connectivity index is 2.59. The minimum atomic E-state index is -3.92. The monoisotopic (exact) mass is 299 g/mol. The van der Waals surface area contributed by atoms with Gasteiger partial charge in [0.2, 0.25) is 10.0 Å². The summed E-state index contributed by atoms with van der Waals surface area (Å²) < 4.78 is 23.3. The average molecular weight is 299 g/mol. The van der Waals surface area contributed by atoms with Crippen LogP contribution in [0.25, 0.3) is 0 Å². The average Bonchev–Trinajstić information content (AvgIpc) is 2.68. The van der Waals surface area contributed by atoms with Gasteiger partial charge >= 0.3 is 0 Å². The molecular weight excluding hydrogens is 282 g/mol. The number of anilines is 1. The molecule has 1 saturated heterocycles. The summed E-state index contributed by atoms with van der Waals surface area (Å²) in [5, 5.41) is 16.1. The van der Waals surface area contributed by atoms with E-state index in [2.05, 4.69) is 6.92 Å². The van der Waals surface area contributed by atoms with Gasteiger partial charge in [0, 0.05) is 24.7 Å². The number of nitro benzene ring substituents is 1. The molecule has 0 unspecified atom stereocenters. The molecule has 2 rings (SSSR count). The van der Waals surface area contributed by atoms with Crippen molar-refractivity contribution in [3.05, 3.63) is 28.3 Å². The van der Waals surface area contributed by atoms with Gasteiger partial charge in [-0.2, -0.15) is 0 Å². The molecule has 7 nitrogen and oxygen atoms in total. The second-order valence-electron chi connectivity index (χ2n) is 5.15. The van der Waals surface area contributed by atoms with Crippen molar-refractivity contribution in [2.75, 3.05) is 11.4 Å². The molecule has 0 amide bonds. The lowest BCUT2D eigenvalue weighted by Gasteiger charge is -2.27. The van der Waals surface area contributed by atoms with Crippen LogP contribution in [0.4, 0.5) is 11.4 Å². The van der Waals surface area contributed by atoms with E-state index in [0.717, 1.165) is 12.5 Å². The van der Waals surface area contributed by atoms with Crippen LogP contribution in [0, 0.1) is 16.0 Å². The van der Waals surface area contributed by atoms with E-state index >= 15 is 0 Å². The molecule has 1 aromatic carbocycles. The van der Waals surface area contributed by atoms with Crippen molar-refractivity contribution in [2.45, 2.75) is 31.2 Å². The first-order valence-electron chi connectivity index (χ1n) is 6.29. The molecule has 0 bridgehead atoms. The first kappa shape index (κ1) is 14.7. The number of rotatable bonds is 3. The summed E-state index contributed by atoms with van der Waals surface area (Å²) in [5.74, 6) is 0.391. The van der Waals surface area contributed by atoms with Crippen molar-refractivity contribution >= 4 is 21.4 Å². The van der Waals surface area contributed by atoms with Crippen LogP contribution < -0.4 is 10.0 Å². The Morgan fingerprint density at radius 2 is 2.05 bits per heavy atom. The molecule has 1 aliphatic rings. The Bertz CT molecular complexity index is 644. The van der Waals surface area contributed by atoms with Gasteiger partial charge in [-0.15, -0.1) is 0 Å². The van der Waals surface area contributed by atoms with Gasteiger partial charge in [0.05, 0.1) is 10.6 Å². The Morgan fingerprint density at radius 3 is 2.50 bits per heavy atom. The molecule has 0 radical (unpaired) electrons. The molecule has 20 heavy (non-hydrogen) atoms. The summed E-state index contributed by atoms with van der Waals surface area (Å²) in [6.45, 7) is 4.70. The first-order valence-corrected chi connectivity index (χ1v) is 7.84. The molecule has 8 heteroatoms. The van der Waals surface area contributed by atoms with Crippen LogP contribution in [-0.2, 0) is 10.0 Å². The predicted octanol–water partition coefficient (Wildman–Crippen LogP) is 1.48. The standard InChI is InChI=1S/C12H17N3O4S/c1-8-5-6-14(9(8)2)11-7-10(15(16)17)3-4-12(11)20(13,18)19/h3-4,7-9H,5-6H2,1-2H3,(H2,13,18,19)/t8-,9-/m0/s1. The van der Waals surface area contributed by atoms with Crippen molar-refractivity contribution in [3.63, 3.8) is 0 Å². The number of hydrogen-bond donors (Lipinski definition) is 1. The van der Waals surface area contributed by atoms with Crippen LogP contribution in [0.3, 0.4) is 0 Å². The van der Waals surface area contributed by atoms with E-state index in [-0.39, 0.29) is 16.6 Å². The molecule has 2 atom stereocenters. The molecule has 0 spiro atoms. The number of nitro groups is 1. The third-order valence-electron chi connectivity index (χ3n) is 3.91. The van der Waals surface area contributed by atoms with Crippen molar-refractivity contribution in [1.29, 1.82) is 0 Å². The number of benzene rings is 1. The normalized spacial score (nSPS) is 23.1. The molecular formula is C12H17N3O4S. The van der Waals surface area contributed by atoms with Gasteiger partial charge in [0.15, 0.2) is 0 Å². The highest BCUT2D eigenvalue weighted by atomic mass is 32.2. The topological polar surface area (TPSA) is 107 Å². The fourth-order valence-electron chi connectivity index (χ4n) is 2.52. The van der Waals surface area contributed by atoms with E-state index in [9.17, 15) is 18.5 Å². The van der Waals surface area contributed by atoms with Crippen molar-refractivity contribution in [3.8, 4) is 0 Å². The van der Waals surface area contributed by atoms with Gasteiger partial charge in [-0.05, 0) is 25.3 Å². The van der Waals surface area contributed by atoms with Gasteiger partial charge in [0.1, 0.15) is 4.90 Å². The minimum Gasteiger partial charge on any atom is -0.367 e. The molecule has 1 aromatic rings. The fourth-order valence-corrected chi connectivity index (χ4v) is 3.24. The summed E-state index contributed by atoms with van der Waals surface area (Å²) in [5.41, 5.74) is 0.178. The smallest absolute Gasteiger partial charge is 0.271 e. The highest BCUT2D eigenvalue weighted by Crippen LogP contribution is 2.35. The van der Waals surface area contributed by atoms with Gasteiger partial charge in [-0.3, -0.25) is 10.1 Å². The van der Waals surface area contributed by atoms with Crippen LogP contribution in [0.2, 0.25) is 0 Å². The second kappa shape index (κ2) is 5.02. The van der Waals surface area contributed by atoms with E-state index < -0.39 is 14.9 Å². The number of primary sulfonamides is 1. The van der Waals surface area contributed by atoms with E-state index in [1.54, 1.807) is 0 Å². The van der Waals surface area contributed by atoms with Crippen LogP contribution in [0.1, 0.15) is 20.3 Å².